The number of rotatable bonds is 5. The van der Waals surface area contributed by atoms with E-state index in [0.29, 0.717) is 25.2 Å². The predicted octanol–water partition coefficient (Wildman–Crippen LogP) is 3.92. The molecule has 3 nitrogen and oxygen atoms in total. The van der Waals surface area contributed by atoms with Crippen LogP contribution in [0.2, 0.25) is 0 Å². The molecule has 0 saturated heterocycles. The van der Waals surface area contributed by atoms with E-state index in [1.165, 1.54) is 18.4 Å². The van der Waals surface area contributed by atoms with Crippen molar-refractivity contribution in [1.82, 2.24) is 5.32 Å². The standard InChI is InChI=1S/C15H22BrNO2/c1-4-5-10(2)15(17-3)11-8-13-14(9-12(11)16)19-7-6-18-13/h8-10,15,17H,4-7H2,1-3H3. The van der Waals surface area contributed by atoms with Gasteiger partial charge in [-0.3, -0.25) is 0 Å². The lowest BCUT2D eigenvalue weighted by Crippen LogP contribution is -2.24. The van der Waals surface area contributed by atoms with E-state index in [-0.39, 0.29) is 0 Å². The highest BCUT2D eigenvalue weighted by atomic mass is 79.9. The van der Waals surface area contributed by atoms with Gasteiger partial charge in [-0.1, -0.05) is 36.2 Å². The van der Waals surface area contributed by atoms with Crippen molar-refractivity contribution in [2.24, 2.45) is 5.92 Å². The topological polar surface area (TPSA) is 30.5 Å². The minimum Gasteiger partial charge on any atom is -0.486 e. The molecule has 19 heavy (non-hydrogen) atoms. The third kappa shape index (κ3) is 3.23. The molecule has 1 aromatic carbocycles. The molecule has 0 saturated carbocycles. The summed E-state index contributed by atoms with van der Waals surface area (Å²) in [6, 6.07) is 4.45. The smallest absolute Gasteiger partial charge is 0.162 e. The first-order valence-electron chi connectivity index (χ1n) is 6.93. The summed E-state index contributed by atoms with van der Waals surface area (Å²) >= 11 is 3.66. The van der Waals surface area contributed by atoms with Crippen molar-refractivity contribution in [3.63, 3.8) is 0 Å². The number of hydrogen-bond donors (Lipinski definition) is 1. The summed E-state index contributed by atoms with van der Waals surface area (Å²) in [5.41, 5.74) is 1.24. The largest absolute Gasteiger partial charge is 0.486 e. The molecular formula is C15H22BrNO2. The highest BCUT2D eigenvalue weighted by Gasteiger charge is 2.23. The van der Waals surface area contributed by atoms with Gasteiger partial charge in [0.15, 0.2) is 11.5 Å². The number of halogens is 1. The summed E-state index contributed by atoms with van der Waals surface area (Å²) in [6.07, 6.45) is 2.40. The minimum atomic E-state index is 0.324. The van der Waals surface area contributed by atoms with E-state index in [0.717, 1.165) is 16.0 Å². The lowest BCUT2D eigenvalue weighted by molar-refractivity contribution is 0.171. The molecule has 1 N–H and O–H groups in total. The molecule has 0 bridgehead atoms. The Hall–Kier alpha value is -0.740. The Bertz CT molecular complexity index is 436. The fraction of sp³-hybridized carbons (Fsp3) is 0.600. The van der Waals surface area contributed by atoms with Crippen LogP contribution in [0.5, 0.6) is 11.5 Å². The number of benzene rings is 1. The van der Waals surface area contributed by atoms with Crippen molar-refractivity contribution in [2.75, 3.05) is 20.3 Å². The Labute approximate surface area is 123 Å². The first-order chi connectivity index (χ1) is 9.17. The third-order valence-electron chi connectivity index (χ3n) is 3.62. The molecule has 2 rings (SSSR count). The zero-order valence-corrected chi connectivity index (χ0v) is 13.4. The van der Waals surface area contributed by atoms with Gasteiger partial charge in [-0.05, 0) is 37.1 Å². The minimum absolute atomic E-state index is 0.324. The quantitative estimate of drug-likeness (QED) is 0.889. The van der Waals surface area contributed by atoms with Crippen molar-refractivity contribution >= 4 is 15.9 Å². The van der Waals surface area contributed by atoms with Crippen LogP contribution in [0.4, 0.5) is 0 Å². The number of ether oxygens (including phenoxy) is 2. The Balaban J connectivity index is 2.31. The summed E-state index contributed by atoms with van der Waals surface area (Å²) in [6.45, 7) is 5.76. The molecule has 106 valence electrons. The van der Waals surface area contributed by atoms with Gasteiger partial charge >= 0.3 is 0 Å². The lowest BCUT2D eigenvalue weighted by atomic mass is 9.91. The van der Waals surface area contributed by atoms with Gasteiger partial charge in [-0.2, -0.15) is 0 Å². The Morgan fingerprint density at radius 1 is 1.26 bits per heavy atom. The molecular weight excluding hydrogens is 306 g/mol. The van der Waals surface area contributed by atoms with Gasteiger partial charge in [0.1, 0.15) is 13.2 Å². The number of nitrogens with one attached hydrogen (secondary N) is 1. The van der Waals surface area contributed by atoms with E-state index in [9.17, 15) is 0 Å². The summed E-state index contributed by atoms with van der Waals surface area (Å²) in [5, 5.41) is 3.42. The van der Waals surface area contributed by atoms with Crippen molar-refractivity contribution < 1.29 is 9.47 Å². The molecule has 1 aliphatic rings. The molecule has 1 aromatic rings. The third-order valence-corrected chi connectivity index (χ3v) is 4.31. The maximum absolute atomic E-state index is 5.68. The second-order valence-electron chi connectivity index (χ2n) is 5.05. The molecule has 4 heteroatoms. The van der Waals surface area contributed by atoms with Crippen molar-refractivity contribution in [3.05, 3.63) is 22.2 Å². The van der Waals surface area contributed by atoms with E-state index < -0.39 is 0 Å². The molecule has 0 aromatic heterocycles. The first-order valence-corrected chi connectivity index (χ1v) is 7.73. The molecule has 2 atom stereocenters. The Kier molecular flexibility index (Phi) is 5.11. The van der Waals surface area contributed by atoms with Crippen molar-refractivity contribution in [1.29, 1.82) is 0 Å². The fourth-order valence-corrected chi connectivity index (χ4v) is 3.26. The Morgan fingerprint density at radius 3 is 2.47 bits per heavy atom. The van der Waals surface area contributed by atoms with Crippen molar-refractivity contribution in [3.8, 4) is 11.5 Å². The molecule has 1 aliphatic heterocycles. The summed E-state index contributed by atoms with van der Waals surface area (Å²) < 4.78 is 12.4. The van der Waals surface area contributed by atoms with Gasteiger partial charge in [0.05, 0.1) is 0 Å². The molecule has 0 fully saturated rings. The zero-order valence-electron chi connectivity index (χ0n) is 11.8. The number of fused-ring (bicyclic) bond motifs is 1. The summed E-state index contributed by atoms with van der Waals surface area (Å²) in [5.74, 6) is 2.27. The number of hydrogen-bond acceptors (Lipinski definition) is 3. The van der Waals surface area contributed by atoms with Gasteiger partial charge in [0.2, 0.25) is 0 Å². The van der Waals surface area contributed by atoms with Crippen LogP contribution in [0.25, 0.3) is 0 Å². The van der Waals surface area contributed by atoms with Gasteiger partial charge in [0.25, 0.3) is 0 Å². The van der Waals surface area contributed by atoms with Gasteiger partial charge < -0.3 is 14.8 Å². The second kappa shape index (κ2) is 6.62. The van der Waals surface area contributed by atoms with E-state index in [4.69, 9.17) is 9.47 Å². The average molecular weight is 328 g/mol. The van der Waals surface area contributed by atoms with Crippen LogP contribution in [-0.2, 0) is 0 Å². The molecule has 0 radical (unpaired) electrons. The summed E-state index contributed by atoms with van der Waals surface area (Å²) in [7, 11) is 2.01. The normalized spacial score (nSPS) is 17.1. The van der Waals surface area contributed by atoms with E-state index in [1.54, 1.807) is 0 Å². The first kappa shape index (κ1) is 14.7. The molecule has 0 aliphatic carbocycles. The molecule has 1 heterocycles. The SMILES string of the molecule is CCCC(C)C(NC)c1cc2c(cc1Br)OCCO2. The van der Waals surface area contributed by atoms with E-state index in [1.807, 2.05) is 13.1 Å². The van der Waals surface area contributed by atoms with Crippen LogP contribution >= 0.6 is 15.9 Å². The average Bonchev–Trinajstić information content (AvgIpc) is 2.40. The van der Waals surface area contributed by atoms with Gasteiger partial charge in [-0.15, -0.1) is 0 Å². The molecule has 0 spiro atoms. The maximum atomic E-state index is 5.68. The lowest BCUT2D eigenvalue weighted by Gasteiger charge is -2.27. The van der Waals surface area contributed by atoms with Crippen molar-refractivity contribution in [2.45, 2.75) is 32.7 Å². The van der Waals surface area contributed by atoms with Gasteiger partial charge in [0, 0.05) is 10.5 Å². The summed E-state index contributed by atoms with van der Waals surface area (Å²) in [4.78, 5) is 0. The molecule has 0 amide bonds. The highest BCUT2D eigenvalue weighted by Crippen LogP contribution is 2.40. The van der Waals surface area contributed by atoms with E-state index >= 15 is 0 Å². The van der Waals surface area contributed by atoms with E-state index in [2.05, 4.69) is 41.2 Å². The zero-order chi connectivity index (χ0) is 13.8. The predicted molar refractivity (Wildman–Crippen MR) is 81.0 cm³/mol. The monoisotopic (exact) mass is 327 g/mol. The van der Waals surface area contributed by atoms with Gasteiger partial charge in [-0.25, -0.2) is 0 Å². The van der Waals surface area contributed by atoms with Crippen LogP contribution in [-0.4, -0.2) is 20.3 Å². The van der Waals surface area contributed by atoms with Crippen LogP contribution in [0, 0.1) is 5.92 Å². The Morgan fingerprint density at radius 2 is 1.89 bits per heavy atom. The second-order valence-corrected chi connectivity index (χ2v) is 5.90. The maximum Gasteiger partial charge on any atom is 0.162 e. The van der Waals surface area contributed by atoms with Crippen LogP contribution in [0.15, 0.2) is 16.6 Å². The van der Waals surface area contributed by atoms with Crippen LogP contribution < -0.4 is 14.8 Å². The highest BCUT2D eigenvalue weighted by molar-refractivity contribution is 9.10. The van der Waals surface area contributed by atoms with Crippen LogP contribution in [0.3, 0.4) is 0 Å². The van der Waals surface area contributed by atoms with Crippen LogP contribution in [0.1, 0.15) is 38.3 Å². The fourth-order valence-electron chi connectivity index (χ4n) is 2.69. The molecule has 2 unspecified atom stereocenters.